The number of hydrogen-bond acceptors (Lipinski definition) is 5. The van der Waals surface area contributed by atoms with Gasteiger partial charge in [-0.25, -0.2) is 13.1 Å². The minimum Gasteiger partial charge on any atom is -0.372 e. The normalized spacial score (nSPS) is 12.3. The molecule has 1 atom stereocenters. The summed E-state index contributed by atoms with van der Waals surface area (Å²) < 4.78 is 32.2. The molecule has 1 aromatic carbocycles. The van der Waals surface area contributed by atoms with E-state index >= 15 is 0 Å². The first-order valence-corrected chi connectivity index (χ1v) is 10.8. The smallest absolute Gasteiger partial charge is 0.246 e. The van der Waals surface area contributed by atoms with Gasteiger partial charge in [0, 0.05) is 25.7 Å². The van der Waals surface area contributed by atoms with Crippen LogP contribution in [0.15, 0.2) is 40.2 Å². The third-order valence-electron chi connectivity index (χ3n) is 3.74. The Hall–Kier alpha value is -2.17. The van der Waals surface area contributed by atoms with Gasteiger partial charge in [0.1, 0.15) is 6.61 Å². The van der Waals surface area contributed by atoms with E-state index in [1.165, 1.54) is 12.1 Å². The first-order valence-electron chi connectivity index (χ1n) is 9.28. The van der Waals surface area contributed by atoms with Crippen molar-refractivity contribution in [2.75, 3.05) is 26.3 Å². The molecule has 0 heterocycles. The Morgan fingerprint density at radius 2 is 1.82 bits per heavy atom. The molecule has 1 amide bonds. The fourth-order valence-corrected chi connectivity index (χ4v) is 3.60. The Morgan fingerprint density at radius 1 is 1.14 bits per heavy atom. The van der Waals surface area contributed by atoms with Crippen LogP contribution in [0.2, 0.25) is 0 Å². The summed E-state index contributed by atoms with van der Waals surface area (Å²) in [5, 5.41) is 2.66. The number of unbranched alkanes of at least 4 members (excludes halogenated alkanes) is 3. The summed E-state index contributed by atoms with van der Waals surface area (Å²) in [4.78, 5) is 15.9. The molecule has 0 radical (unpaired) electrons. The Bertz CT molecular complexity index is 706. The number of nitrogens with two attached hydrogens (primary N) is 2. The molecular weight excluding hydrogens is 382 g/mol. The highest BCUT2D eigenvalue weighted by molar-refractivity contribution is 7.89. The van der Waals surface area contributed by atoms with E-state index in [1.54, 1.807) is 25.1 Å². The zero-order chi connectivity index (χ0) is 20.8. The fraction of sp³-hybridized carbons (Fsp3) is 0.556. The first-order chi connectivity index (χ1) is 13.3. The van der Waals surface area contributed by atoms with Crippen LogP contribution in [0.1, 0.15) is 32.6 Å². The number of rotatable bonds is 14. The van der Waals surface area contributed by atoms with Gasteiger partial charge in [-0.05, 0) is 31.9 Å². The van der Waals surface area contributed by atoms with Crippen LogP contribution in [0.4, 0.5) is 0 Å². The van der Waals surface area contributed by atoms with Crippen LogP contribution in [0.25, 0.3) is 0 Å². The number of amides is 1. The second-order valence-electron chi connectivity index (χ2n) is 6.41. The first kappa shape index (κ1) is 23.9. The zero-order valence-corrected chi connectivity index (χ0v) is 17.1. The lowest BCUT2D eigenvalue weighted by Crippen LogP contribution is -2.42. The van der Waals surface area contributed by atoms with Crippen molar-refractivity contribution in [2.24, 2.45) is 16.5 Å². The van der Waals surface area contributed by atoms with Gasteiger partial charge in [-0.2, -0.15) is 0 Å². The van der Waals surface area contributed by atoms with Crippen molar-refractivity contribution in [1.29, 1.82) is 0 Å². The molecule has 0 aromatic heterocycles. The van der Waals surface area contributed by atoms with Gasteiger partial charge >= 0.3 is 0 Å². The summed E-state index contributed by atoms with van der Waals surface area (Å²) in [7, 11) is -3.60. The van der Waals surface area contributed by atoms with E-state index in [4.69, 9.17) is 16.2 Å². The summed E-state index contributed by atoms with van der Waals surface area (Å²) in [5.74, 6) is -0.171. The Morgan fingerprint density at radius 3 is 2.50 bits per heavy atom. The quantitative estimate of drug-likeness (QED) is 0.196. The van der Waals surface area contributed by atoms with Crippen LogP contribution in [-0.4, -0.2) is 52.6 Å². The molecule has 1 aromatic rings. The van der Waals surface area contributed by atoms with E-state index < -0.39 is 16.1 Å². The number of nitrogens with zero attached hydrogens (tertiary/aromatic N) is 1. The van der Waals surface area contributed by atoms with E-state index in [1.807, 2.05) is 0 Å². The molecule has 0 aliphatic heterocycles. The van der Waals surface area contributed by atoms with Crippen molar-refractivity contribution in [2.45, 2.75) is 43.5 Å². The van der Waals surface area contributed by atoms with E-state index in [9.17, 15) is 13.2 Å². The highest BCUT2D eigenvalue weighted by Crippen LogP contribution is 2.07. The Kier molecular flexibility index (Phi) is 11.2. The standard InChI is InChI=1S/C18H31N5O4S/c1-15(23-28(25,26)16-9-5-4-6-10-16)13-22-17(24)14-27-12-8-3-2-7-11-21-18(19)20/h4-6,9-10,15,23H,2-3,7-8,11-14H2,1H3,(H,22,24)(H4,19,20,21). The number of hydrogen-bond donors (Lipinski definition) is 4. The molecule has 10 heteroatoms. The maximum absolute atomic E-state index is 12.2. The van der Waals surface area contributed by atoms with Crippen molar-refractivity contribution < 1.29 is 17.9 Å². The molecule has 158 valence electrons. The third-order valence-corrected chi connectivity index (χ3v) is 5.35. The van der Waals surface area contributed by atoms with Crippen molar-refractivity contribution >= 4 is 21.9 Å². The lowest BCUT2D eigenvalue weighted by Gasteiger charge is -2.15. The molecule has 9 nitrogen and oxygen atoms in total. The van der Waals surface area contributed by atoms with Crippen LogP contribution in [-0.2, 0) is 19.6 Å². The minimum absolute atomic E-state index is 0.0494. The number of guanidine groups is 1. The molecule has 28 heavy (non-hydrogen) atoms. The Balaban J connectivity index is 2.10. The van der Waals surface area contributed by atoms with Gasteiger partial charge in [-0.1, -0.05) is 31.0 Å². The SMILES string of the molecule is CC(CNC(=O)COCCCCCCN=C(N)N)NS(=O)(=O)c1ccccc1. The molecule has 6 N–H and O–H groups in total. The molecule has 0 saturated heterocycles. The lowest BCUT2D eigenvalue weighted by molar-refractivity contribution is -0.125. The summed E-state index contributed by atoms with van der Waals surface area (Å²) in [6.07, 6.45) is 3.73. The average Bonchev–Trinajstić information content (AvgIpc) is 2.65. The highest BCUT2D eigenvalue weighted by atomic mass is 32.2. The van der Waals surface area contributed by atoms with Gasteiger partial charge in [0.2, 0.25) is 15.9 Å². The van der Waals surface area contributed by atoms with E-state index in [-0.39, 0.29) is 29.9 Å². The van der Waals surface area contributed by atoms with Crippen LogP contribution < -0.4 is 21.5 Å². The van der Waals surface area contributed by atoms with Crippen molar-refractivity contribution in [3.63, 3.8) is 0 Å². The van der Waals surface area contributed by atoms with Crippen LogP contribution in [0.5, 0.6) is 0 Å². The molecule has 0 aliphatic rings. The van der Waals surface area contributed by atoms with Gasteiger partial charge in [0.05, 0.1) is 4.90 Å². The van der Waals surface area contributed by atoms with E-state index in [0.29, 0.717) is 13.2 Å². The summed E-state index contributed by atoms with van der Waals surface area (Å²) in [6.45, 7) is 2.93. The molecule has 0 aliphatic carbocycles. The van der Waals surface area contributed by atoms with Gasteiger partial charge < -0.3 is 21.5 Å². The average molecular weight is 414 g/mol. The van der Waals surface area contributed by atoms with Crippen LogP contribution in [0.3, 0.4) is 0 Å². The number of ether oxygens (including phenoxy) is 1. The van der Waals surface area contributed by atoms with Gasteiger partial charge in [-0.15, -0.1) is 0 Å². The van der Waals surface area contributed by atoms with Crippen molar-refractivity contribution in [3.05, 3.63) is 30.3 Å². The second-order valence-corrected chi connectivity index (χ2v) is 8.13. The maximum atomic E-state index is 12.2. The maximum Gasteiger partial charge on any atom is 0.246 e. The van der Waals surface area contributed by atoms with E-state index in [2.05, 4.69) is 15.0 Å². The predicted molar refractivity (Wildman–Crippen MR) is 109 cm³/mol. The van der Waals surface area contributed by atoms with Crippen LogP contribution >= 0.6 is 0 Å². The minimum atomic E-state index is -3.60. The molecule has 0 saturated carbocycles. The third kappa shape index (κ3) is 10.9. The second kappa shape index (κ2) is 13.1. The monoisotopic (exact) mass is 413 g/mol. The van der Waals surface area contributed by atoms with Crippen molar-refractivity contribution in [1.82, 2.24) is 10.0 Å². The van der Waals surface area contributed by atoms with Gasteiger partial charge in [-0.3, -0.25) is 9.79 Å². The molecule has 1 rings (SSSR count). The molecule has 1 unspecified atom stereocenters. The topological polar surface area (TPSA) is 149 Å². The number of sulfonamides is 1. The summed E-state index contributed by atoms with van der Waals surface area (Å²) >= 11 is 0. The Labute approximate surface area is 167 Å². The van der Waals surface area contributed by atoms with Crippen LogP contribution in [0, 0.1) is 0 Å². The largest absolute Gasteiger partial charge is 0.372 e. The highest BCUT2D eigenvalue weighted by Gasteiger charge is 2.17. The number of benzene rings is 1. The molecule has 0 bridgehead atoms. The van der Waals surface area contributed by atoms with Crippen molar-refractivity contribution in [3.8, 4) is 0 Å². The molecular formula is C18H31N5O4S. The van der Waals surface area contributed by atoms with Gasteiger partial charge in [0.25, 0.3) is 0 Å². The summed E-state index contributed by atoms with van der Waals surface area (Å²) in [5.41, 5.74) is 10.5. The predicted octanol–water partition coefficient (Wildman–Crippen LogP) is 0.320. The number of nitrogens with one attached hydrogen (secondary N) is 2. The number of aliphatic imine (C=N–C) groups is 1. The number of carbonyl (C=O) groups is 1. The molecule has 0 fully saturated rings. The van der Waals surface area contributed by atoms with E-state index in [0.717, 1.165) is 25.7 Å². The lowest BCUT2D eigenvalue weighted by atomic mass is 10.2. The summed E-state index contributed by atoms with van der Waals surface area (Å²) in [6, 6.07) is 7.64. The zero-order valence-electron chi connectivity index (χ0n) is 16.3. The number of carbonyl (C=O) groups excluding carboxylic acids is 1. The fourth-order valence-electron chi connectivity index (χ4n) is 2.33. The van der Waals surface area contributed by atoms with Gasteiger partial charge in [0.15, 0.2) is 5.96 Å². The molecule has 0 spiro atoms.